The number of ether oxygens (including phenoxy) is 1. The summed E-state index contributed by atoms with van der Waals surface area (Å²) in [5.41, 5.74) is 3.56. The molecule has 1 N–H and O–H groups in total. The highest BCUT2D eigenvalue weighted by Crippen LogP contribution is 2.39. The standard InChI is InChI=1S/C24H42O2/c1-10-24(9,11-2)13-15-26-14-12-18-16-19(22(3,4)5)21(25)20(17-18)23(6,7)8/h16-17,25H,10-15H2,1-9H3. The van der Waals surface area contributed by atoms with Gasteiger partial charge in [0.25, 0.3) is 0 Å². The Balaban J connectivity index is 2.84. The van der Waals surface area contributed by atoms with E-state index >= 15 is 0 Å². The number of hydrogen-bond donors (Lipinski definition) is 1. The maximum atomic E-state index is 10.8. The summed E-state index contributed by atoms with van der Waals surface area (Å²) in [6.07, 6.45) is 4.42. The average Bonchev–Trinajstić information content (AvgIpc) is 2.53. The topological polar surface area (TPSA) is 29.5 Å². The molecule has 0 heterocycles. The Bertz CT molecular complexity index is 534. The van der Waals surface area contributed by atoms with E-state index in [1.807, 2.05) is 0 Å². The van der Waals surface area contributed by atoms with Crippen molar-refractivity contribution in [3.63, 3.8) is 0 Å². The van der Waals surface area contributed by atoms with E-state index in [2.05, 4.69) is 74.4 Å². The second kappa shape index (κ2) is 8.78. The van der Waals surface area contributed by atoms with Gasteiger partial charge in [-0.1, -0.05) is 87.3 Å². The van der Waals surface area contributed by atoms with Crippen LogP contribution in [0.15, 0.2) is 12.1 Å². The van der Waals surface area contributed by atoms with Crippen molar-refractivity contribution in [2.24, 2.45) is 5.41 Å². The van der Waals surface area contributed by atoms with Crippen LogP contribution in [0, 0.1) is 5.41 Å². The smallest absolute Gasteiger partial charge is 0.123 e. The zero-order valence-electron chi connectivity index (χ0n) is 18.8. The molecule has 0 bridgehead atoms. The molecule has 0 radical (unpaired) electrons. The molecule has 0 saturated heterocycles. The van der Waals surface area contributed by atoms with Crippen LogP contribution in [0.2, 0.25) is 0 Å². The lowest BCUT2D eigenvalue weighted by atomic mass is 9.78. The van der Waals surface area contributed by atoms with Gasteiger partial charge in [-0.2, -0.15) is 0 Å². The fourth-order valence-electron chi connectivity index (χ4n) is 3.20. The van der Waals surface area contributed by atoms with Gasteiger partial charge in [-0.3, -0.25) is 0 Å². The van der Waals surface area contributed by atoms with Crippen molar-refractivity contribution in [3.05, 3.63) is 28.8 Å². The van der Waals surface area contributed by atoms with E-state index < -0.39 is 0 Å². The third-order valence-electron chi connectivity index (χ3n) is 5.88. The van der Waals surface area contributed by atoms with Gasteiger partial charge in [0.2, 0.25) is 0 Å². The molecule has 150 valence electrons. The largest absolute Gasteiger partial charge is 0.507 e. The molecule has 1 aromatic rings. The van der Waals surface area contributed by atoms with Crippen LogP contribution in [0.5, 0.6) is 5.75 Å². The molecule has 0 amide bonds. The minimum Gasteiger partial charge on any atom is -0.507 e. The lowest BCUT2D eigenvalue weighted by Gasteiger charge is -2.28. The first-order chi connectivity index (χ1) is 11.8. The Hall–Kier alpha value is -1.02. The van der Waals surface area contributed by atoms with Crippen molar-refractivity contribution < 1.29 is 9.84 Å². The Kier molecular flexibility index (Phi) is 7.77. The molecule has 1 aromatic carbocycles. The van der Waals surface area contributed by atoms with Crippen LogP contribution in [0.3, 0.4) is 0 Å². The number of benzene rings is 1. The van der Waals surface area contributed by atoms with E-state index in [4.69, 9.17) is 4.74 Å². The molecule has 0 spiro atoms. The van der Waals surface area contributed by atoms with E-state index in [0.29, 0.717) is 11.2 Å². The highest BCUT2D eigenvalue weighted by atomic mass is 16.5. The molecular formula is C24H42O2. The van der Waals surface area contributed by atoms with E-state index in [-0.39, 0.29) is 10.8 Å². The molecule has 0 saturated carbocycles. The molecule has 0 aliphatic rings. The summed E-state index contributed by atoms with van der Waals surface area (Å²) in [6.45, 7) is 21.4. The van der Waals surface area contributed by atoms with Gasteiger partial charge in [-0.25, -0.2) is 0 Å². The van der Waals surface area contributed by atoms with Gasteiger partial charge < -0.3 is 9.84 Å². The Morgan fingerprint density at radius 3 is 1.65 bits per heavy atom. The lowest BCUT2D eigenvalue weighted by Crippen LogP contribution is -2.19. The predicted molar refractivity (Wildman–Crippen MR) is 113 cm³/mol. The zero-order valence-corrected chi connectivity index (χ0v) is 18.8. The molecular weight excluding hydrogens is 320 g/mol. The second-order valence-electron chi connectivity index (χ2n) is 10.2. The molecule has 0 fully saturated rings. The van der Waals surface area contributed by atoms with Gasteiger partial charge in [0, 0.05) is 6.61 Å². The van der Waals surface area contributed by atoms with Crippen molar-refractivity contribution in [2.45, 2.75) is 98.8 Å². The SMILES string of the molecule is CCC(C)(CC)CCOCCc1cc(C(C)(C)C)c(O)c(C(C)(C)C)c1. The summed E-state index contributed by atoms with van der Waals surface area (Å²) < 4.78 is 5.96. The van der Waals surface area contributed by atoms with Crippen LogP contribution in [0.4, 0.5) is 0 Å². The van der Waals surface area contributed by atoms with E-state index in [9.17, 15) is 5.11 Å². The first kappa shape index (κ1) is 23.0. The van der Waals surface area contributed by atoms with Crippen LogP contribution in [0.25, 0.3) is 0 Å². The lowest BCUT2D eigenvalue weighted by molar-refractivity contribution is 0.0975. The summed E-state index contributed by atoms with van der Waals surface area (Å²) >= 11 is 0. The summed E-state index contributed by atoms with van der Waals surface area (Å²) in [4.78, 5) is 0. The molecule has 0 aliphatic heterocycles. The Morgan fingerprint density at radius 1 is 0.808 bits per heavy atom. The molecule has 26 heavy (non-hydrogen) atoms. The molecule has 2 heteroatoms. The number of aromatic hydroxyl groups is 1. The maximum absolute atomic E-state index is 10.8. The summed E-state index contributed by atoms with van der Waals surface area (Å²) in [7, 11) is 0. The van der Waals surface area contributed by atoms with Crippen molar-refractivity contribution in [1.82, 2.24) is 0 Å². The minimum atomic E-state index is -0.0784. The fourth-order valence-corrected chi connectivity index (χ4v) is 3.20. The van der Waals surface area contributed by atoms with Gasteiger partial charge >= 0.3 is 0 Å². The van der Waals surface area contributed by atoms with E-state index in [1.54, 1.807) is 0 Å². The van der Waals surface area contributed by atoms with Gasteiger partial charge in [0.1, 0.15) is 5.75 Å². The number of phenols is 1. The van der Waals surface area contributed by atoms with Crippen molar-refractivity contribution in [3.8, 4) is 5.75 Å². The molecule has 0 unspecified atom stereocenters. The normalized spacial score (nSPS) is 13.3. The van der Waals surface area contributed by atoms with Gasteiger partial charge in [-0.15, -0.1) is 0 Å². The van der Waals surface area contributed by atoms with Crippen LogP contribution < -0.4 is 0 Å². The van der Waals surface area contributed by atoms with Crippen molar-refractivity contribution in [1.29, 1.82) is 0 Å². The second-order valence-corrected chi connectivity index (χ2v) is 10.2. The summed E-state index contributed by atoms with van der Waals surface area (Å²) in [6, 6.07) is 4.33. The predicted octanol–water partition coefficient (Wildman–Crippen LogP) is 6.76. The number of rotatable bonds is 8. The highest BCUT2D eigenvalue weighted by molar-refractivity contribution is 5.49. The Labute approximate surface area is 162 Å². The number of phenolic OH excluding ortho intramolecular Hbond substituents is 1. The van der Waals surface area contributed by atoms with E-state index in [1.165, 1.54) is 18.4 Å². The monoisotopic (exact) mass is 362 g/mol. The minimum absolute atomic E-state index is 0.0784. The van der Waals surface area contributed by atoms with Crippen LogP contribution in [-0.2, 0) is 22.0 Å². The van der Waals surface area contributed by atoms with Crippen molar-refractivity contribution in [2.75, 3.05) is 13.2 Å². The van der Waals surface area contributed by atoms with Gasteiger partial charge in [0.05, 0.1) is 6.61 Å². The van der Waals surface area contributed by atoms with Gasteiger partial charge in [-0.05, 0) is 45.8 Å². The first-order valence-corrected chi connectivity index (χ1v) is 10.3. The van der Waals surface area contributed by atoms with Crippen molar-refractivity contribution >= 4 is 0 Å². The fraction of sp³-hybridized carbons (Fsp3) is 0.750. The summed E-state index contributed by atoms with van der Waals surface area (Å²) in [5.74, 6) is 0.455. The average molecular weight is 363 g/mol. The molecule has 1 rings (SSSR count). The molecule has 0 aromatic heterocycles. The molecule has 0 aliphatic carbocycles. The molecule has 0 atom stereocenters. The third kappa shape index (κ3) is 6.30. The van der Waals surface area contributed by atoms with Crippen LogP contribution in [0.1, 0.15) is 98.3 Å². The third-order valence-corrected chi connectivity index (χ3v) is 5.88. The zero-order chi connectivity index (χ0) is 20.2. The quantitative estimate of drug-likeness (QED) is 0.517. The van der Waals surface area contributed by atoms with Crippen LogP contribution >= 0.6 is 0 Å². The number of hydrogen-bond acceptors (Lipinski definition) is 2. The van der Waals surface area contributed by atoms with Crippen LogP contribution in [-0.4, -0.2) is 18.3 Å². The van der Waals surface area contributed by atoms with E-state index in [0.717, 1.165) is 37.2 Å². The summed E-state index contributed by atoms with van der Waals surface area (Å²) in [5, 5.41) is 10.8. The Morgan fingerprint density at radius 2 is 1.27 bits per heavy atom. The molecule has 2 nitrogen and oxygen atoms in total. The van der Waals surface area contributed by atoms with Gasteiger partial charge in [0.15, 0.2) is 0 Å². The maximum Gasteiger partial charge on any atom is 0.123 e. The highest BCUT2D eigenvalue weighted by Gasteiger charge is 2.26. The first-order valence-electron chi connectivity index (χ1n) is 10.3.